The third-order valence-corrected chi connectivity index (χ3v) is 3.48. The molecule has 0 aliphatic carbocycles. The standard InChI is InChI=1S/C8H11N7O2S/c9-14-7-3-6(1-2-10-7)18(16,17)13-4-8-11-5-12-15-8/h1-3,5,13H,4,9H2,(H,10,14)(H,11,12,15). The fraction of sp³-hybridized carbons (Fsp3) is 0.125. The third-order valence-electron chi connectivity index (χ3n) is 2.08. The molecule has 18 heavy (non-hydrogen) atoms. The van der Waals surface area contributed by atoms with Crippen LogP contribution in [0.2, 0.25) is 0 Å². The van der Waals surface area contributed by atoms with E-state index in [1.807, 2.05) is 0 Å². The fourth-order valence-corrected chi connectivity index (χ4v) is 2.22. The first-order chi connectivity index (χ1) is 8.62. The number of nitrogens with zero attached hydrogens (tertiary/aromatic N) is 3. The monoisotopic (exact) mass is 269 g/mol. The van der Waals surface area contributed by atoms with Gasteiger partial charge in [-0.2, -0.15) is 5.10 Å². The maximum atomic E-state index is 11.9. The number of hydrogen-bond acceptors (Lipinski definition) is 7. The minimum atomic E-state index is -3.64. The van der Waals surface area contributed by atoms with Crippen LogP contribution in [0.3, 0.4) is 0 Å². The first-order valence-electron chi connectivity index (χ1n) is 4.88. The maximum Gasteiger partial charge on any atom is 0.241 e. The van der Waals surface area contributed by atoms with Crippen LogP contribution in [0.1, 0.15) is 5.82 Å². The van der Waals surface area contributed by atoms with E-state index in [1.54, 1.807) is 0 Å². The second-order valence-electron chi connectivity index (χ2n) is 3.28. The maximum absolute atomic E-state index is 11.9. The van der Waals surface area contributed by atoms with Crippen molar-refractivity contribution >= 4 is 15.8 Å². The van der Waals surface area contributed by atoms with Crippen LogP contribution in [0, 0.1) is 0 Å². The van der Waals surface area contributed by atoms with Gasteiger partial charge in [0.25, 0.3) is 0 Å². The van der Waals surface area contributed by atoms with E-state index in [-0.39, 0.29) is 17.3 Å². The molecule has 96 valence electrons. The number of H-pyrrole nitrogens is 1. The molecule has 2 heterocycles. The number of sulfonamides is 1. The van der Waals surface area contributed by atoms with Crippen molar-refractivity contribution in [2.75, 3.05) is 5.43 Å². The quantitative estimate of drug-likeness (QED) is 0.402. The molecule has 0 saturated heterocycles. The first kappa shape index (κ1) is 12.4. The summed E-state index contributed by atoms with van der Waals surface area (Å²) >= 11 is 0. The summed E-state index contributed by atoms with van der Waals surface area (Å²) in [5, 5.41) is 6.17. The van der Waals surface area contributed by atoms with Crippen molar-refractivity contribution in [2.24, 2.45) is 5.84 Å². The first-order valence-corrected chi connectivity index (χ1v) is 6.37. The van der Waals surface area contributed by atoms with E-state index in [1.165, 1.54) is 24.7 Å². The summed E-state index contributed by atoms with van der Waals surface area (Å²) in [6.07, 6.45) is 2.64. The van der Waals surface area contributed by atoms with Crippen LogP contribution in [-0.4, -0.2) is 28.6 Å². The molecule has 0 aliphatic rings. The second kappa shape index (κ2) is 5.08. The predicted octanol–water partition coefficient (Wildman–Crippen LogP) is -1.04. The Morgan fingerprint density at radius 2 is 2.22 bits per heavy atom. The lowest BCUT2D eigenvalue weighted by Crippen LogP contribution is -2.24. The number of hydrogen-bond donors (Lipinski definition) is 4. The molecule has 2 rings (SSSR count). The SMILES string of the molecule is NNc1cc(S(=O)(=O)NCc2ncn[nH]2)ccn1. The van der Waals surface area contributed by atoms with Crippen LogP contribution < -0.4 is 16.0 Å². The van der Waals surface area contributed by atoms with Crippen LogP contribution in [0.4, 0.5) is 5.82 Å². The average molecular weight is 269 g/mol. The van der Waals surface area contributed by atoms with Crippen LogP contribution in [-0.2, 0) is 16.6 Å². The van der Waals surface area contributed by atoms with Gasteiger partial charge in [-0.25, -0.2) is 29.0 Å². The Kier molecular flexibility index (Phi) is 3.50. The molecule has 0 radical (unpaired) electrons. The lowest BCUT2D eigenvalue weighted by Gasteiger charge is -2.06. The molecule has 0 aliphatic heterocycles. The summed E-state index contributed by atoms with van der Waals surface area (Å²) in [7, 11) is -3.64. The van der Waals surface area contributed by atoms with E-state index >= 15 is 0 Å². The van der Waals surface area contributed by atoms with Gasteiger partial charge in [0.2, 0.25) is 10.0 Å². The zero-order valence-corrected chi connectivity index (χ0v) is 9.98. The van der Waals surface area contributed by atoms with Gasteiger partial charge in [-0.3, -0.25) is 5.10 Å². The van der Waals surface area contributed by atoms with Gasteiger partial charge in [0.15, 0.2) is 0 Å². The molecule has 2 aromatic rings. The van der Waals surface area contributed by atoms with Crippen LogP contribution in [0.25, 0.3) is 0 Å². The van der Waals surface area contributed by atoms with Crippen LogP contribution in [0.15, 0.2) is 29.6 Å². The minimum absolute atomic E-state index is 0.0239. The van der Waals surface area contributed by atoms with Crippen molar-refractivity contribution in [1.82, 2.24) is 24.9 Å². The largest absolute Gasteiger partial charge is 0.308 e. The highest BCUT2D eigenvalue weighted by Crippen LogP contribution is 2.11. The third kappa shape index (κ3) is 2.80. The number of pyridine rings is 1. The number of rotatable bonds is 5. The van der Waals surface area contributed by atoms with Crippen molar-refractivity contribution < 1.29 is 8.42 Å². The van der Waals surface area contributed by atoms with Crippen molar-refractivity contribution in [3.05, 3.63) is 30.5 Å². The van der Waals surface area contributed by atoms with Gasteiger partial charge in [-0.1, -0.05) is 0 Å². The second-order valence-corrected chi connectivity index (χ2v) is 5.04. The van der Waals surface area contributed by atoms with Crippen LogP contribution >= 0.6 is 0 Å². The number of hydrazine groups is 1. The van der Waals surface area contributed by atoms with Crippen molar-refractivity contribution in [3.63, 3.8) is 0 Å². The number of anilines is 1. The molecule has 9 nitrogen and oxygen atoms in total. The van der Waals surface area contributed by atoms with Gasteiger partial charge in [0, 0.05) is 12.3 Å². The zero-order valence-electron chi connectivity index (χ0n) is 9.16. The number of aromatic nitrogens is 4. The molecular formula is C8H11N7O2S. The number of nitrogens with one attached hydrogen (secondary N) is 3. The molecule has 0 fully saturated rings. The summed E-state index contributed by atoms with van der Waals surface area (Å²) in [6.45, 7) is 0.0239. The highest BCUT2D eigenvalue weighted by atomic mass is 32.2. The fourth-order valence-electron chi connectivity index (χ4n) is 1.22. The van der Waals surface area contributed by atoms with E-state index < -0.39 is 10.0 Å². The van der Waals surface area contributed by atoms with E-state index in [9.17, 15) is 8.42 Å². The normalized spacial score (nSPS) is 11.4. The van der Waals surface area contributed by atoms with Gasteiger partial charge >= 0.3 is 0 Å². The topological polar surface area (TPSA) is 139 Å². The van der Waals surface area contributed by atoms with Crippen molar-refractivity contribution in [1.29, 1.82) is 0 Å². The Hall–Kier alpha value is -2.04. The number of nitrogen functional groups attached to an aromatic ring is 1. The highest BCUT2D eigenvalue weighted by molar-refractivity contribution is 7.89. The lowest BCUT2D eigenvalue weighted by atomic mass is 10.5. The zero-order chi connectivity index (χ0) is 13.0. The molecule has 0 amide bonds. The van der Waals surface area contributed by atoms with Gasteiger partial charge in [-0.15, -0.1) is 0 Å². The Morgan fingerprint density at radius 1 is 1.39 bits per heavy atom. The Bertz CT molecular complexity index is 610. The van der Waals surface area contributed by atoms with E-state index in [0.717, 1.165) is 0 Å². The lowest BCUT2D eigenvalue weighted by molar-refractivity contribution is 0.579. The average Bonchev–Trinajstić information content (AvgIpc) is 2.90. The van der Waals surface area contributed by atoms with Crippen LogP contribution in [0.5, 0.6) is 0 Å². The molecule has 10 heteroatoms. The Balaban J connectivity index is 2.14. The number of aromatic amines is 1. The molecule has 0 saturated carbocycles. The van der Waals surface area contributed by atoms with Gasteiger partial charge in [0.1, 0.15) is 18.0 Å². The van der Waals surface area contributed by atoms with E-state index in [4.69, 9.17) is 5.84 Å². The highest BCUT2D eigenvalue weighted by Gasteiger charge is 2.15. The van der Waals surface area contributed by atoms with E-state index in [0.29, 0.717) is 5.82 Å². The molecule has 0 bridgehead atoms. The predicted molar refractivity (Wildman–Crippen MR) is 62.5 cm³/mol. The summed E-state index contributed by atoms with van der Waals surface area (Å²) in [5.41, 5.74) is 2.28. The Morgan fingerprint density at radius 3 is 2.89 bits per heavy atom. The molecule has 0 spiro atoms. The summed E-state index contributed by atoms with van der Waals surface area (Å²) in [6, 6.07) is 2.69. The molecule has 0 aromatic carbocycles. The molecule has 5 N–H and O–H groups in total. The molecule has 0 unspecified atom stereocenters. The van der Waals surface area contributed by atoms with Gasteiger partial charge < -0.3 is 5.43 Å². The van der Waals surface area contributed by atoms with E-state index in [2.05, 4.69) is 30.3 Å². The Labute approximate surface area is 103 Å². The summed E-state index contributed by atoms with van der Waals surface area (Å²) in [5.74, 6) is 5.84. The minimum Gasteiger partial charge on any atom is -0.308 e. The molecule has 0 atom stereocenters. The molecule has 2 aromatic heterocycles. The summed E-state index contributed by atoms with van der Waals surface area (Å²) in [4.78, 5) is 7.69. The number of nitrogens with two attached hydrogens (primary N) is 1. The molecular weight excluding hydrogens is 258 g/mol. The smallest absolute Gasteiger partial charge is 0.241 e. The van der Waals surface area contributed by atoms with Gasteiger partial charge in [-0.05, 0) is 6.07 Å². The van der Waals surface area contributed by atoms with Crippen molar-refractivity contribution in [3.8, 4) is 0 Å². The summed E-state index contributed by atoms with van der Waals surface area (Å²) < 4.78 is 26.2. The van der Waals surface area contributed by atoms with Crippen molar-refractivity contribution in [2.45, 2.75) is 11.4 Å². The van der Waals surface area contributed by atoms with Gasteiger partial charge in [0.05, 0.1) is 11.4 Å².